The number of rotatable bonds is 5. The van der Waals surface area contributed by atoms with Crippen LogP contribution in [0.25, 0.3) is 10.4 Å². The Morgan fingerprint density at radius 3 is 2.57 bits per heavy atom. The molecule has 0 saturated carbocycles. The van der Waals surface area contributed by atoms with Crippen molar-refractivity contribution >= 4 is 34.4 Å². The van der Waals surface area contributed by atoms with Crippen LogP contribution in [-0.4, -0.2) is 11.0 Å². The Bertz CT molecular complexity index is 614. The molecule has 0 fully saturated rings. The van der Waals surface area contributed by atoms with Crippen molar-refractivity contribution in [3.8, 4) is 0 Å². The molecule has 0 saturated heterocycles. The SMILES string of the molecule is CCC(CC)C(=O)Sc1cc(C(=O)N=[N+]=[N-])c(F)cc1Cl. The van der Waals surface area contributed by atoms with Crippen LogP contribution in [0.5, 0.6) is 0 Å². The number of benzene rings is 1. The van der Waals surface area contributed by atoms with E-state index in [9.17, 15) is 14.0 Å². The molecule has 1 aromatic rings. The van der Waals surface area contributed by atoms with E-state index in [1.54, 1.807) is 0 Å². The average molecular weight is 330 g/mol. The lowest BCUT2D eigenvalue weighted by molar-refractivity contribution is -0.114. The molecule has 1 rings (SSSR count). The Kier molecular flexibility index (Phi) is 6.68. The second-order valence-corrected chi connectivity index (χ2v) is 5.65. The summed E-state index contributed by atoms with van der Waals surface area (Å²) in [4.78, 5) is 26.1. The van der Waals surface area contributed by atoms with Gasteiger partial charge in [-0.05, 0) is 35.6 Å². The zero-order valence-corrected chi connectivity index (χ0v) is 13.0. The highest BCUT2D eigenvalue weighted by molar-refractivity contribution is 8.13. The summed E-state index contributed by atoms with van der Waals surface area (Å²) in [5.74, 6) is -2.08. The summed E-state index contributed by atoms with van der Waals surface area (Å²) >= 11 is 6.75. The van der Waals surface area contributed by atoms with Crippen LogP contribution in [0, 0.1) is 11.7 Å². The Morgan fingerprint density at radius 1 is 1.43 bits per heavy atom. The number of azide groups is 1. The minimum Gasteiger partial charge on any atom is -0.287 e. The van der Waals surface area contributed by atoms with Crippen molar-refractivity contribution < 1.29 is 14.0 Å². The van der Waals surface area contributed by atoms with Crippen LogP contribution in [0.4, 0.5) is 4.39 Å². The van der Waals surface area contributed by atoms with E-state index in [0.29, 0.717) is 12.8 Å². The molecule has 0 radical (unpaired) electrons. The van der Waals surface area contributed by atoms with Crippen LogP contribution in [-0.2, 0) is 4.79 Å². The zero-order valence-electron chi connectivity index (χ0n) is 11.5. The first-order chi connectivity index (χ1) is 9.94. The number of carbonyl (C=O) groups is 2. The lowest BCUT2D eigenvalue weighted by Crippen LogP contribution is -2.09. The minimum absolute atomic E-state index is 0.0364. The van der Waals surface area contributed by atoms with Gasteiger partial charge < -0.3 is 0 Å². The van der Waals surface area contributed by atoms with Crippen molar-refractivity contribution in [1.82, 2.24) is 0 Å². The molecule has 0 aliphatic rings. The first-order valence-corrected chi connectivity index (χ1v) is 7.44. The van der Waals surface area contributed by atoms with Crippen LogP contribution in [0.15, 0.2) is 22.1 Å². The van der Waals surface area contributed by atoms with Gasteiger partial charge in [-0.2, -0.15) is 0 Å². The summed E-state index contributed by atoms with van der Waals surface area (Å²) in [7, 11) is 0. The quantitative estimate of drug-likeness (QED) is 0.330. The van der Waals surface area contributed by atoms with Crippen LogP contribution in [0.3, 0.4) is 0 Å². The molecule has 0 spiro atoms. The number of hydrogen-bond donors (Lipinski definition) is 0. The fraction of sp³-hybridized carbons (Fsp3) is 0.385. The molecule has 1 amide bonds. The molecule has 8 heteroatoms. The van der Waals surface area contributed by atoms with E-state index in [0.717, 1.165) is 23.9 Å². The van der Waals surface area contributed by atoms with Gasteiger partial charge >= 0.3 is 0 Å². The van der Waals surface area contributed by atoms with E-state index < -0.39 is 17.3 Å². The normalized spacial score (nSPS) is 10.3. The van der Waals surface area contributed by atoms with Gasteiger partial charge in [0.25, 0.3) is 5.91 Å². The van der Waals surface area contributed by atoms with E-state index in [4.69, 9.17) is 17.1 Å². The standard InChI is InChI=1S/C13H13ClFN3O2S/c1-3-7(4-2)13(20)21-11-5-8(12(19)17-18-16)10(15)6-9(11)14/h5-7H,3-4H2,1-2H3. The van der Waals surface area contributed by atoms with Gasteiger partial charge in [0.2, 0.25) is 0 Å². The molecule has 0 aliphatic carbocycles. The molecule has 112 valence electrons. The number of amides is 1. The van der Waals surface area contributed by atoms with E-state index in [2.05, 4.69) is 10.0 Å². The fourth-order valence-electron chi connectivity index (χ4n) is 1.68. The van der Waals surface area contributed by atoms with Crippen LogP contribution >= 0.6 is 23.4 Å². The number of nitrogens with zero attached hydrogens (tertiary/aromatic N) is 3. The monoisotopic (exact) mass is 329 g/mol. The predicted molar refractivity (Wildman–Crippen MR) is 79.8 cm³/mol. The third kappa shape index (κ3) is 4.46. The van der Waals surface area contributed by atoms with Crippen molar-refractivity contribution in [3.63, 3.8) is 0 Å². The summed E-state index contributed by atoms with van der Waals surface area (Å²) in [6.45, 7) is 3.80. The maximum absolute atomic E-state index is 13.6. The second kappa shape index (κ2) is 8.02. The molecule has 0 atom stereocenters. The van der Waals surface area contributed by atoms with Crippen molar-refractivity contribution in [2.45, 2.75) is 31.6 Å². The second-order valence-electron chi connectivity index (χ2n) is 4.19. The van der Waals surface area contributed by atoms with Gasteiger partial charge in [0.05, 0.1) is 10.6 Å². The number of thioether (sulfide) groups is 1. The molecule has 0 heterocycles. The van der Waals surface area contributed by atoms with Crippen molar-refractivity contribution in [2.75, 3.05) is 0 Å². The molecule has 0 aromatic heterocycles. The van der Waals surface area contributed by atoms with Crippen molar-refractivity contribution in [1.29, 1.82) is 0 Å². The molecule has 0 aliphatic heterocycles. The molecule has 21 heavy (non-hydrogen) atoms. The van der Waals surface area contributed by atoms with Gasteiger partial charge in [-0.3, -0.25) is 9.59 Å². The summed E-state index contributed by atoms with van der Waals surface area (Å²) in [5.41, 5.74) is 7.82. The van der Waals surface area contributed by atoms with Gasteiger partial charge in [0.1, 0.15) is 5.82 Å². The van der Waals surface area contributed by atoms with Crippen LogP contribution in [0.2, 0.25) is 5.02 Å². The van der Waals surface area contributed by atoms with Gasteiger partial charge in [-0.15, -0.1) is 0 Å². The Morgan fingerprint density at radius 2 is 2.05 bits per heavy atom. The van der Waals surface area contributed by atoms with Gasteiger partial charge in [0, 0.05) is 15.7 Å². The first kappa shape index (κ1) is 17.5. The number of halogens is 2. The van der Waals surface area contributed by atoms with Crippen molar-refractivity contribution in [3.05, 3.63) is 39.0 Å². The average Bonchev–Trinajstić information content (AvgIpc) is 2.43. The van der Waals surface area contributed by atoms with Crippen LogP contribution in [0.1, 0.15) is 37.0 Å². The largest absolute Gasteiger partial charge is 0.287 e. The molecule has 0 N–H and O–H groups in total. The summed E-state index contributed by atoms with van der Waals surface area (Å²) in [6, 6.07) is 2.07. The highest BCUT2D eigenvalue weighted by Gasteiger charge is 2.20. The smallest absolute Gasteiger partial charge is 0.252 e. The van der Waals surface area contributed by atoms with Gasteiger partial charge in [-0.25, -0.2) is 4.39 Å². The highest BCUT2D eigenvalue weighted by Crippen LogP contribution is 2.33. The Balaban J connectivity index is 3.13. The van der Waals surface area contributed by atoms with E-state index >= 15 is 0 Å². The third-order valence-corrected chi connectivity index (χ3v) is 4.43. The number of carbonyl (C=O) groups excluding carboxylic acids is 2. The predicted octanol–water partition coefficient (Wildman–Crippen LogP) is 4.98. The maximum atomic E-state index is 13.6. The number of hydrogen-bond acceptors (Lipinski definition) is 3. The molecule has 0 unspecified atom stereocenters. The van der Waals surface area contributed by atoms with E-state index in [-0.39, 0.29) is 21.0 Å². The topological polar surface area (TPSA) is 82.9 Å². The first-order valence-electron chi connectivity index (χ1n) is 6.24. The van der Waals surface area contributed by atoms with Crippen LogP contribution < -0.4 is 0 Å². The van der Waals surface area contributed by atoms with Gasteiger partial charge in [0.15, 0.2) is 5.12 Å². The third-order valence-electron chi connectivity index (χ3n) is 2.92. The van der Waals surface area contributed by atoms with Gasteiger partial charge in [-0.1, -0.05) is 37.2 Å². The molecular formula is C13H13ClFN3O2S. The molecule has 1 aromatic carbocycles. The molecular weight excluding hydrogens is 317 g/mol. The van der Waals surface area contributed by atoms with E-state index in [1.165, 1.54) is 0 Å². The molecule has 0 bridgehead atoms. The highest BCUT2D eigenvalue weighted by atomic mass is 35.5. The van der Waals surface area contributed by atoms with E-state index in [1.807, 2.05) is 13.8 Å². The van der Waals surface area contributed by atoms with Crippen molar-refractivity contribution in [2.24, 2.45) is 11.0 Å². The summed E-state index contributed by atoms with van der Waals surface area (Å²) < 4.78 is 13.6. The Hall–Kier alpha value is -1.56. The zero-order chi connectivity index (χ0) is 16.0. The lowest BCUT2D eigenvalue weighted by Gasteiger charge is -2.11. The minimum atomic E-state index is -1.05. The fourth-order valence-corrected chi connectivity index (χ4v) is 3.00. The lowest BCUT2D eigenvalue weighted by atomic mass is 10.1. The summed E-state index contributed by atoms with van der Waals surface area (Å²) in [6.07, 6.45) is 1.37. The summed E-state index contributed by atoms with van der Waals surface area (Å²) in [5, 5.41) is 2.77. The maximum Gasteiger partial charge on any atom is 0.252 e. The molecule has 5 nitrogen and oxygen atoms in total. The Labute approximate surface area is 130 Å².